The minimum absolute atomic E-state index is 0.675. The zero-order valence-electron chi connectivity index (χ0n) is 13.5. The van der Waals surface area contributed by atoms with E-state index in [1.54, 1.807) is 7.11 Å². The van der Waals surface area contributed by atoms with Gasteiger partial charge in [-0.2, -0.15) is 0 Å². The normalized spacial score (nSPS) is 23.0. The lowest BCUT2D eigenvalue weighted by molar-refractivity contribution is 0.120. The molecule has 1 fully saturated rings. The number of rotatable bonds is 7. The monoisotopic (exact) mass is 292 g/mol. The molecule has 0 saturated carbocycles. The molecule has 21 heavy (non-hydrogen) atoms. The molecule has 0 spiro atoms. The molecule has 0 aliphatic carbocycles. The number of nitrogens with one attached hydrogen (secondary N) is 1. The number of hydrogen-bond acceptors (Lipinski definition) is 4. The highest BCUT2D eigenvalue weighted by molar-refractivity contribution is 5.31. The first kappa shape index (κ1) is 16.1. The van der Waals surface area contributed by atoms with Gasteiger partial charge in [0, 0.05) is 19.1 Å². The van der Waals surface area contributed by atoms with Crippen molar-refractivity contribution in [2.75, 3.05) is 40.4 Å². The summed E-state index contributed by atoms with van der Waals surface area (Å²) in [7, 11) is 3.75. The van der Waals surface area contributed by atoms with E-state index in [9.17, 15) is 0 Å². The Hall–Kier alpha value is -1.26. The predicted octanol–water partition coefficient (Wildman–Crippen LogP) is 2.39. The maximum absolute atomic E-state index is 5.82. The second kappa shape index (κ2) is 8.25. The molecule has 1 aliphatic rings. The van der Waals surface area contributed by atoms with Gasteiger partial charge in [0.15, 0.2) is 0 Å². The molecule has 1 heterocycles. The van der Waals surface area contributed by atoms with Crippen molar-refractivity contribution in [1.29, 1.82) is 0 Å². The second-order valence-electron chi connectivity index (χ2n) is 5.68. The first-order valence-electron chi connectivity index (χ1n) is 7.93. The van der Waals surface area contributed by atoms with Crippen LogP contribution in [-0.2, 0) is 0 Å². The maximum Gasteiger partial charge on any atom is 0.119 e. The van der Waals surface area contributed by atoms with Crippen LogP contribution in [-0.4, -0.2) is 51.3 Å². The zero-order chi connectivity index (χ0) is 15.1. The Bertz CT molecular complexity index is 408. The molecular weight excluding hydrogens is 264 g/mol. The first-order chi connectivity index (χ1) is 10.3. The van der Waals surface area contributed by atoms with Gasteiger partial charge in [0.2, 0.25) is 0 Å². The number of piperidine rings is 1. The van der Waals surface area contributed by atoms with Crippen LogP contribution in [0.15, 0.2) is 24.3 Å². The van der Waals surface area contributed by atoms with Gasteiger partial charge in [-0.25, -0.2) is 0 Å². The van der Waals surface area contributed by atoms with Crippen molar-refractivity contribution >= 4 is 0 Å². The van der Waals surface area contributed by atoms with Crippen molar-refractivity contribution < 1.29 is 9.47 Å². The molecule has 0 bridgehead atoms. The fourth-order valence-corrected chi connectivity index (χ4v) is 3.07. The Labute approximate surface area is 128 Å². The third kappa shape index (κ3) is 4.61. The van der Waals surface area contributed by atoms with E-state index in [-0.39, 0.29) is 0 Å². The molecule has 1 aromatic carbocycles. The summed E-state index contributed by atoms with van der Waals surface area (Å²) in [5, 5.41) is 3.45. The van der Waals surface area contributed by atoms with E-state index in [1.165, 1.54) is 19.4 Å². The molecule has 118 valence electrons. The van der Waals surface area contributed by atoms with Crippen LogP contribution in [0.25, 0.3) is 0 Å². The highest BCUT2D eigenvalue weighted by Gasteiger charge is 2.26. The number of methoxy groups -OCH3 is 1. The average Bonchev–Trinajstić information content (AvgIpc) is 2.55. The Kier molecular flexibility index (Phi) is 6.33. The maximum atomic E-state index is 5.82. The van der Waals surface area contributed by atoms with Gasteiger partial charge < -0.3 is 14.8 Å². The predicted molar refractivity (Wildman–Crippen MR) is 86.2 cm³/mol. The van der Waals surface area contributed by atoms with Crippen LogP contribution >= 0.6 is 0 Å². The molecule has 0 amide bonds. The summed E-state index contributed by atoms with van der Waals surface area (Å²) in [6.07, 6.45) is 2.47. The van der Waals surface area contributed by atoms with Crippen molar-refractivity contribution in [1.82, 2.24) is 10.2 Å². The summed E-state index contributed by atoms with van der Waals surface area (Å²) >= 11 is 0. The van der Waals surface area contributed by atoms with E-state index < -0.39 is 0 Å². The molecule has 2 unspecified atom stereocenters. The summed E-state index contributed by atoms with van der Waals surface area (Å²) in [6, 6.07) is 8.46. The van der Waals surface area contributed by atoms with Crippen molar-refractivity contribution in [2.24, 2.45) is 5.92 Å². The second-order valence-corrected chi connectivity index (χ2v) is 5.68. The number of hydrogen-bond donors (Lipinski definition) is 1. The fourth-order valence-electron chi connectivity index (χ4n) is 3.07. The van der Waals surface area contributed by atoms with Gasteiger partial charge in [-0.1, -0.05) is 13.3 Å². The molecule has 0 aromatic heterocycles. The van der Waals surface area contributed by atoms with Gasteiger partial charge in [0.05, 0.1) is 7.11 Å². The zero-order valence-corrected chi connectivity index (χ0v) is 13.5. The molecular formula is C17H28N2O2. The number of benzene rings is 1. The average molecular weight is 292 g/mol. The fraction of sp³-hybridized carbons (Fsp3) is 0.647. The Balaban J connectivity index is 1.73. The molecule has 1 aromatic rings. The topological polar surface area (TPSA) is 33.7 Å². The van der Waals surface area contributed by atoms with Gasteiger partial charge in [-0.15, -0.1) is 0 Å². The van der Waals surface area contributed by atoms with Crippen LogP contribution < -0.4 is 14.8 Å². The smallest absolute Gasteiger partial charge is 0.119 e. The van der Waals surface area contributed by atoms with Gasteiger partial charge >= 0.3 is 0 Å². The summed E-state index contributed by atoms with van der Waals surface area (Å²) in [6.45, 7) is 6.36. The molecule has 2 rings (SSSR count). The van der Waals surface area contributed by atoms with Crippen LogP contribution in [0, 0.1) is 5.92 Å². The third-order valence-corrected chi connectivity index (χ3v) is 4.45. The minimum atomic E-state index is 0.675. The van der Waals surface area contributed by atoms with E-state index >= 15 is 0 Å². The summed E-state index contributed by atoms with van der Waals surface area (Å²) < 4.78 is 11.0. The van der Waals surface area contributed by atoms with Crippen molar-refractivity contribution in [3.63, 3.8) is 0 Å². The molecule has 1 N–H and O–H groups in total. The Morgan fingerprint density at radius 1 is 1.24 bits per heavy atom. The van der Waals surface area contributed by atoms with Crippen LogP contribution in [0.3, 0.4) is 0 Å². The van der Waals surface area contributed by atoms with Crippen LogP contribution in [0.5, 0.6) is 11.5 Å². The van der Waals surface area contributed by atoms with E-state index in [2.05, 4.69) is 24.2 Å². The quantitative estimate of drug-likeness (QED) is 0.837. The number of likely N-dealkylation sites (tertiary alicyclic amines) is 1. The van der Waals surface area contributed by atoms with E-state index in [0.717, 1.165) is 37.1 Å². The Morgan fingerprint density at radius 3 is 2.57 bits per heavy atom. The first-order valence-corrected chi connectivity index (χ1v) is 7.93. The summed E-state index contributed by atoms with van der Waals surface area (Å²) in [4.78, 5) is 2.52. The van der Waals surface area contributed by atoms with Crippen LogP contribution in [0.1, 0.15) is 19.8 Å². The molecule has 1 saturated heterocycles. The van der Waals surface area contributed by atoms with Crippen molar-refractivity contribution in [2.45, 2.75) is 25.8 Å². The standard InChI is InChI=1S/C17H28N2O2/c1-4-14-13-19(10-9-17(14)18-2)11-12-21-16-7-5-15(20-3)6-8-16/h5-8,14,17-18H,4,9-13H2,1-3H3. The van der Waals surface area contributed by atoms with E-state index in [1.807, 2.05) is 24.3 Å². The SMILES string of the molecule is CCC1CN(CCOc2ccc(OC)cc2)CCC1NC. The lowest BCUT2D eigenvalue weighted by atomic mass is 9.90. The highest BCUT2D eigenvalue weighted by Crippen LogP contribution is 2.20. The summed E-state index contributed by atoms with van der Waals surface area (Å²) in [5.74, 6) is 2.53. The van der Waals surface area contributed by atoms with E-state index in [0.29, 0.717) is 6.04 Å². The number of ether oxygens (including phenoxy) is 2. The van der Waals surface area contributed by atoms with Gasteiger partial charge in [0.25, 0.3) is 0 Å². The molecule has 0 radical (unpaired) electrons. The van der Waals surface area contributed by atoms with Gasteiger partial charge in [-0.05, 0) is 50.2 Å². The minimum Gasteiger partial charge on any atom is -0.497 e. The number of nitrogens with zero attached hydrogens (tertiary/aromatic N) is 1. The van der Waals surface area contributed by atoms with Gasteiger partial charge in [0.1, 0.15) is 18.1 Å². The van der Waals surface area contributed by atoms with Crippen LogP contribution in [0.2, 0.25) is 0 Å². The third-order valence-electron chi connectivity index (χ3n) is 4.45. The van der Waals surface area contributed by atoms with E-state index in [4.69, 9.17) is 9.47 Å². The lowest BCUT2D eigenvalue weighted by Crippen LogP contribution is -2.49. The van der Waals surface area contributed by atoms with Crippen molar-refractivity contribution in [3.05, 3.63) is 24.3 Å². The largest absolute Gasteiger partial charge is 0.497 e. The Morgan fingerprint density at radius 2 is 1.95 bits per heavy atom. The molecule has 4 heteroatoms. The van der Waals surface area contributed by atoms with Crippen molar-refractivity contribution in [3.8, 4) is 11.5 Å². The summed E-state index contributed by atoms with van der Waals surface area (Å²) in [5.41, 5.74) is 0. The lowest BCUT2D eigenvalue weighted by Gasteiger charge is -2.38. The molecule has 2 atom stereocenters. The van der Waals surface area contributed by atoms with Crippen LogP contribution in [0.4, 0.5) is 0 Å². The highest BCUT2D eigenvalue weighted by atomic mass is 16.5. The van der Waals surface area contributed by atoms with Gasteiger partial charge in [-0.3, -0.25) is 4.90 Å². The molecule has 4 nitrogen and oxygen atoms in total. The molecule has 1 aliphatic heterocycles.